The molecule has 0 aromatic carbocycles. The molecule has 0 saturated carbocycles. The van der Waals surface area contributed by atoms with E-state index in [9.17, 15) is 9.59 Å². The Bertz CT molecular complexity index is 265. The molecule has 5 heteroatoms. The summed E-state index contributed by atoms with van der Waals surface area (Å²) in [6.45, 7) is 6.11. The number of carbonyl (C=O) groups excluding carboxylic acids is 2. The van der Waals surface area contributed by atoms with E-state index in [2.05, 4.69) is 10.6 Å². The SMILES string of the molecule is CC(C)(C)OC(=O)NC(=O)[C@@H]1CCCCN1. The van der Waals surface area contributed by atoms with Crippen LogP contribution in [0.3, 0.4) is 0 Å². The maximum absolute atomic E-state index is 11.6. The van der Waals surface area contributed by atoms with Crippen molar-refractivity contribution < 1.29 is 14.3 Å². The molecule has 2 amide bonds. The zero-order valence-electron chi connectivity index (χ0n) is 10.1. The number of ether oxygens (including phenoxy) is 1. The van der Waals surface area contributed by atoms with E-state index in [0.29, 0.717) is 0 Å². The molecule has 0 unspecified atom stereocenters. The largest absolute Gasteiger partial charge is 0.444 e. The fraction of sp³-hybridized carbons (Fsp3) is 0.818. The summed E-state index contributed by atoms with van der Waals surface area (Å²) in [5.41, 5.74) is -0.579. The van der Waals surface area contributed by atoms with E-state index < -0.39 is 11.7 Å². The summed E-state index contributed by atoms with van der Waals surface area (Å²) in [5, 5.41) is 5.31. The molecule has 1 aliphatic heterocycles. The Labute approximate surface area is 95.9 Å². The number of rotatable bonds is 1. The van der Waals surface area contributed by atoms with Crippen LogP contribution in [-0.4, -0.2) is 30.2 Å². The van der Waals surface area contributed by atoms with E-state index in [1.807, 2.05) is 0 Å². The van der Waals surface area contributed by atoms with Gasteiger partial charge in [-0.15, -0.1) is 0 Å². The molecule has 0 aromatic rings. The average molecular weight is 228 g/mol. The van der Waals surface area contributed by atoms with E-state index >= 15 is 0 Å². The van der Waals surface area contributed by atoms with Gasteiger partial charge in [0.1, 0.15) is 5.60 Å². The predicted octanol–water partition coefficient (Wildman–Crippen LogP) is 1.18. The van der Waals surface area contributed by atoms with Gasteiger partial charge in [-0.2, -0.15) is 0 Å². The minimum Gasteiger partial charge on any atom is -0.444 e. The van der Waals surface area contributed by atoms with Gasteiger partial charge in [-0.3, -0.25) is 10.1 Å². The zero-order chi connectivity index (χ0) is 12.2. The first-order valence-electron chi connectivity index (χ1n) is 5.66. The van der Waals surface area contributed by atoms with Crippen LogP contribution in [0.1, 0.15) is 40.0 Å². The van der Waals surface area contributed by atoms with Gasteiger partial charge in [-0.25, -0.2) is 4.79 Å². The van der Waals surface area contributed by atoms with Crippen molar-refractivity contribution in [3.8, 4) is 0 Å². The second kappa shape index (κ2) is 5.30. The Balaban J connectivity index is 2.35. The molecule has 0 aromatic heterocycles. The Morgan fingerprint density at radius 3 is 2.50 bits per heavy atom. The third-order valence-electron chi connectivity index (χ3n) is 2.25. The highest BCUT2D eigenvalue weighted by atomic mass is 16.6. The summed E-state index contributed by atoms with van der Waals surface area (Å²) < 4.78 is 5.00. The first-order valence-corrected chi connectivity index (χ1v) is 5.66. The van der Waals surface area contributed by atoms with Crippen LogP contribution >= 0.6 is 0 Å². The summed E-state index contributed by atoms with van der Waals surface area (Å²) in [6.07, 6.45) is 2.19. The Kier molecular flexibility index (Phi) is 4.29. The van der Waals surface area contributed by atoms with Crippen LogP contribution in [0.4, 0.5) is 4.79 Å². The quantitative estimate of drug-likeness (QED) is 0.707. The second-order valence-corrected chi connectivity index (χ2v) is 4.99. The molecule has 1 aliphatic rings. The van der Waals surface area contributed by atoms with E-state index in [-0.39, 0.29) is 11.9 Å². The van der Waals surface area contributed by atoms with Gasteiger partial charge in [0.2, 0.25) is 5.91 Å². The lowest BCUT2D eigenvalue weighted by atomic mass is 10.0. The number of imide groups is 1. The third kappa shape index (κ3) is 4.61. The van der Waals surface area contributed by atoms with Gasteiger partial charge >= 0.3 is 6.09 Å². The highest BCUT2D eigenvalue weighted by Gasteiger charge is 2.24. The van der Waals surface area contributed by atoms with E-state index in [1.54, 1.807) is 20.8 Å². The average Bonchev–Trinajstić information content (AvgIpc) is 2.16. The van der Waals surface area contributed by atoms with Crippen LogP contribution in [0.5, 0.6) is 0 Å². The number of carbonyl (C=O) groups is 2. The van der Waals surface area contributed by atoms with Gasteiger partial charge in [0, 0.05) is 0 Å². The number of alkyl carbamates (subject to hydrolysis) is 1. The van der Waals surface area contributed by atoms with E-state index in [4.69, 9.17) is 4.74 Å². The number of amides is 2. The Hall–Kier alpha value is -1.10. The lowest BCUT2D eigenvalue weighted by Gasteiger charge is -2.23. The van der Waals surface area contributed by atoms with Crippen LogP contribution in [0.25, 0.3) is 0 Å². The van der Waals surface area contributed by atoms with E-state index in [0.717, 1.165) is 25.8 Å². The fourth-order valence-corrected chi connectivity index (χ4v) is 1.57. The van der Waals surface area contributed by atoms with Gasteiger partial charge in [-0.1, -0.05) is 6.42 Å². The monoisotopic (exact) mass is 228 g/mol. The van der Waals surface area contributed by atoms with Crippen molar-refractivity contribution in [3.05, 3.63) is 0 Å². The molecule has 1 fully saturated rings. The minimum atomic E-state index is -0.676. The molecule has 2 N–H and O–H groups in total. The molecule has 16 heavy (non-hydrogen) atoms. The predicted molar refractivity (Wildman–Crippen MR) is 60.0 cm³/mol. The molecule has 0 radical (unpaired) electrons. The molecule has 0 bridgehead atoms. The number of hydrogen-bond donors (Lipinski definition) is 2. The van der Waals surface area contributed by atoms with Crippen LogP contribution in [-0.2, 0) is 9.53 Å². The van der Waals surface area contributed by atoms with Gasteiger partial charge in [0.25, 0.3) is 0 Å². The highest BCUT2D eigenvalue weighted by molar-refractivity contribution is 5.94. The number of hydrogen-bond acceptors (Lipinski definition) is 4. The molecule has 0 spiro atoms. The van der Waals surface area contributed by atoms with Crippen molar-refractivity contribution in [1.29, 1.82) is 0 Å². The first-order chi connectivity index (χ1) is 7.38. The van der Waals surface area contributed by atoms with Crippen LogP contribution in [0.15, 0.2) is 0 Å². The normalized spacial score (nSPS) is 21.3. The van der Waals surface area contributed by atoms with Gasteiger partial charge in [-0.05, 0) is 40.2 Å². The minimum absolute atomic E-state index is 0.263. The summed E-state index contributed by atoms with van der Waals surface area (Å²) in [5.74, 6) is -0.297. The smallest absolute Gasteiger partial charge is 0.414 e. The van der Waals surface area contributed by atoms with Crippen LogP contribution in [0.2, 0.25) is 0 Å². The fourth-order valence-electron chi connectivity index (χ4n) is 1.57. The molecule has 0 aliphatic carbocycles. The Morgan fingerprint density at radius 1 is 1.31 bits per heavy atom. The number of piperidine rings is 1. The summed E-state index contributed by atoms with van der Waals surface area (Å²) in [7, 11) is 0. The molecule has 92 valence electrons. The summed E-state index contributed by atoms with van der Waals surface area (Å²) >= 11 is 0. The first kappa shape index (κ1) is 13.0. The number of nitrogens with one attached hydrogen (secondary N) is 2. The summed E-state index contributed by atoms with van der Waals surface area (Å²) in [4.78, 5) is 22.9. The van der Waals surface area contributed by atoms with Crippen molar-refractivity contribution in [3.63, 3.8) is 0 Å². The van der Waals surface area contributed by atoms with E-state index in [1.165, 1.54) is 0 Å². The Morgan fingerprint density at radius 2 is 2.00 bits per heavy atom. The molecular weight excluding hydrogens is 208 g/mol. The maximum atomic E-state index is 11.6. The van der Waals surface area contributed by atoms with Crippen LogP contribution in [0, 0.1) is 0 Å². The van der Waals surface area contributed by atoms with Crippen LogP contribution < -0.4 is 10.6 Å². The third-order valence-corrected chi connectivity index (χ3v) is 2.25. The van der Waals surface area contributed by atoms with Gasteiger partial charge < -0.3 is 10.1 Å². The van der Waals surface area contributed by atoms with Gasteiger partial charge in [0.05, 0.1) is 6.04 Å². The second-order valence-electron chi connectivity index (χ2n) is 4.99. The maximum Gasteiger partial charge on any atom is 0.414 e. The topological polar surface area (TPSA) is 67.4 Å². The summed E-state index contributed by atoms with van der Waals surface area (Å²) in [6, 6.07) is -0.263. The van der Waals surface area contributed by atoms with Gasteiger partial charge in [0.15, 0.2) is 0 Å². The van der Waals surface area contributed by atoms with Crippen molar-refractivity contribution in [2.45, 2.75) is 51.7 Å². The van der Waals surface area contributed by atoms with Crippen molar-refractivity contribution in [1.82, 2.24) is 10.6 Å². The molecule has 1 rings (SSSR count). The molecule has 1 atom stereocenters. The van der Waals surface area contributed by atoms with Crippen molar-refractivity contribution >= 4 is 12.0 Å². The molecule has 5 nitrogen and oxygen atoms in total. The molecular formula is C11H20N2O3. The standard InChI is InChI=1S/C11H20N2O3/c1-11(2,3)16-10(15)13-9(14)8-6-4-5-7-12-8/h8,12H,4-7H2,1-3H3,(H,13,14,15)/t8-/m0/s1. The molecule has 1 heterocycles. The highest BCUT2D eigenvalue weighted by Crippen LogP contribution is 2.09. The van der Waals surface area contributed by atoms with Crippen molar-refractivity contribution in [2.24, 2.45) is 0 Å². The molecule has 1 saturated heterocycles. The lowest BCUT2D eigenvalue weighted by molar-refractivity contribution is -0.123. The zero-order valence-corrected chi connectivity index (χ0v) is 10.1. The van der Waals surface area contributed by atoms with Crippen molar-refractivity contribution in [2.75, 3.05) is 6.54 Å². The lowest BCUT2D eigenvalue weighted by Crippen LogP contribution is -2.49.